The van der Waals surface area contributed by atoms with E-state index in [1.807, 2.05) is 26.0 Å². The van der Waals surface area contributed by atoms with Crippen molar-refractivity contribution in [1.82, 2.24) is 9.72 Å². The van der Waals surface area contributed by atoms with Gasteiger partial charge in [-0.1, -0.05) is 47.6 Å². The minimum Gasteiger partial charge on any atom is -0.399 e. The number of fused-ring (bicyclic) bond motifs is 3. The summed E-state index contributed by atoms with van der Waals surface area (Å²) in [4.78, 5) is 0. The number of hydrogen-bond donors (Lipinski definition) is 1. The fourth-order valence-electron chi connectivity index (χ4n) is 4.10. The first-order valence-electron chi connectivity index (χ1n) is 9.40. The van der Waals surface area contributed by atoms with E-state index in [2.05, 4.69) is 64.3 Å². The van der Waals surface area contributed by atoms with Gasteiger partial charge < -0.3 is 14.8 Å². The van der Waals surface area contributed by atoms with Gasteiger partial charge in [0.2, 0.25) is 0 Å². The van der Waals surface area contributed by atoms with E-state index < -0.39 is 0 Å². The van der Waals surface area contributed by atoms with Crippen LogP contribution in [0.1, 0.15) is 17.0 Å². The first-order valence-corrected chi connectivity index (χ1v) is 9.40. The van der Waals surface area contributed by atoms with E-state index in [4.69, 9.17) is 10.3 Å². The molecule has 4 heteroatoms. The van der Waals surface area contributed by atoms with E-state index in [1.165, 1.54) is 27.4 Å². The van der Waals surface area contributed by atoms with Crippen molar-refractivity contribution in [3.05, 3.63) is 83.7 Å². The van der Waals surface area contributed by atoms with E-state index >= 15 is 0 Å². The lowest BCUT2D eigenvalue weighted by molar-refractivity contribution is 0.393. The highest BCUT2D eigenvalue weighted by Crippen LogP contribution is 2.35. The lowest BCUT2D eigenvalue weighted by Gasteiger charge is -2.09. The van der Waals surface area contributed by atoms with Crippen LogP contribution in [0.3, 0.4) is 0 Å². The van der Waals surface area contributed by atoms with Crippen molar-refractivity contribution >= 4 is 27.5 Å². The van der Waals surface area contributed by atoms with Crippen LogP contribution >= 0.6 is 0 Å². The van der Waals surface area contributed by atoms with Crippen LogP contribution in [0.15, 0.2) is 71.3 Å². The molecule has 0 aliphatic carbocycles. The van der Waals surface area contributed by atoms with Crippen molar-refractivity contribution < 1.29 is 4.52 Å². The molecule has 2 heterocycles. The van der Waals surface area contributed by atoms with Crippen LogP contribution in [0.2, 0.25) is 0 Å². The molecule has 0 aliphatic rings. The summed E-state index contributed by atoms with van der Waals surface area (Å²) < 4.78 is 7.75. The highest BCUT2D eigenvalue weighted by molar-refractivity contribution is 6.10. The van der Waals surface area contributed by atoms with E-state index in [0.717, 1.165) is 34.8 Å². The van der Waals surface area contributed by atoms with Gasteiger partial charge in [-0.15, -0.1) is 0 Å². The van der Waals surface area contributed by atoms with Crippen LogP contribution in [0.25, 0.3) is 32.9 Å². The summed E-state index contributed by atoms with van der Waals surface area (Å²) in [6.45, 7) is 4.74. The number of aryl methyl sites for hydroxylation is 2. The number of hydrogen-bond acceptors (Lipinski definition) is 3. The molecule has 0 aliphatic heterocycles. The van der Waals surface area contributed by atoms with Crippen LogP contribution in [-0.4, -0.2) is 9.72 Å². The molecule has 2 N–H and O–H groups in total. The first-order chi connectivity index (χ1) is 13.6. The molecule has 0 saturated heterocycles. The molecule has 0 atom stereocenters. The molecule has 5 aromatic rings. The second-order valence-electron chi connectivity index (χ2n) is 7.28. The van der Waals surface area contributed by atoms with Gasteiger partial charge in [-0.05, 0) is 49.2 Å². The smallest absolute Gasteiger partial charge is 0.141 e. The molecule has 0 saturated carbocycles. The molecular weight excluding hydrogens is 346 g/mol. The van der Waals surface area contributed by atoms with E-state index in [0.29, 0.717) is 0 Å². The summed E-state index contributed by atoms with van der Waals surface area (Å²) in [5, 5.41) is 6.50. The maximum absolute atomic E-state index is 6.09. The van der Waals surface area contributed by atoms with Crippen molar-refractivity contribution in [2.24, 2.45) is 0 Å². The lowest BCUT2D eigenvalue weighted by Crippen LogP contribution is -1.99. The SMILES string of the molecule is Cc1noc(C)c1-c1ccc2c3cc(N)ccc3n(Cc3ccccc3)c2c1. The zero-order valence-corrected chi connectivity index (χ0v) is 15.9. The molecule has 2 aromatic heterocycles. The highest BCUT2D eigenvalue weighted by atomic mass is 16.5. The Balaban J connectivity index is 1.80. The summed E-state index contributed by atoms with van der Waals surface area (Å²) in [6.07, 6.45) is 0. The molecule has 0 fully saturated rings. The van der Waals surface area contributed by atoms with Crippen molar-refractivity contribution in [2.75, 3.05) is 5.73 Å². The van der Waals surface area contributed by atoms with E-state index in [1.54, 1.807) is 0 Å². The Labute approximate surface area is 163 Å². The standard InChI is InChI=1S/C24H21N3O/c1-15-24(16(2)28-26-15)18-8-10-20-21-13-19(25)9-11-22(21)27(23(20)12-18)14-17-6-4-3-5-7-17/h3-13H,14,25H2,1-2H3. The number of nitrogens with two attached hydrogens (primary N) is 1. The van der Waals surface area contributed by atoms with Gasteiger partial charge in [-0.2, -0.15) is 0 Å². The van der Waals surface area contributed by atoms with Crippen LogP contribution < -0.4 is 5.73 Å². The molecule has 3 aromatic carbocycles. The summed E-state index contributed by atoms with van der Waals surface area (Å²) >= 11 is 0. The molecular formula is C24H21N3O. The topological polar surface area (TPSA) is 57.0 Å². The van der Waals surface area contributed by atoms with Crippen LogP contribution in [-0.2, 0) is 6.54 Å². The van der Waals surface area contributed by atoms with Crippen molar-refractivity contribution in [3.63, 3.8) is 0 Å². The predicted molar refractivity (Wildman–Crippen MR) is 114 cm³/mol. The largest absolute Gasteiger partial charge is 0.399 e. The number of anilines is 1. The first kappa shape index (κ1) is 16.6. The third-order valence-electron chi connectivity index (χ3n) is 5.40. The Kier molecular flexibility index (Phi) is 3.72. The van der Waals surface area contributed by atoms with Gasteiger partial charge >= 0.3 is 0 Å². The van der Waals surface area contributed by atoms with Gasteiger partial charge in [-0.25, -0.2) is 0 Å². The second kappa shape index (κ2) is 6.27. The molecule has 4 nitrogen and oxygen atoms in total. The van der Waals surface area contributed by atoms with Crippen LogP contribution in [0, 0.1) is 13.8 Å². The van der Waals surface area contributed by atoms with Gasteiger partial charge in [0.1, 0.15) is 5.76 Å². The summed E-state index contributed by atoms with van der Waals surface area (Å²) in [5.41, 5.74) is 13.6. The van der Waals surface area contributed by atoms with E-state index in [-0.39, 0.29) is 0 Å². The fourth-order valence-corrected chi connectivity index (χ4v) is 4.10. The van der Waals surface area contributed by atoms with E-state index in [9.17, 15) is 0 Å². The zero-order chi connectivity index (χ0) is 19.3. The molecule has 0 spiro atoms. The minimum absolute atomic E-state index is 0.779. The van der Waals surface area contributed by atoms with Crippen LogP contribution in [0.4, 0.5) is 5.69 Å². The van der Waals surface area contributed by atoms with Crippen molar-refractivity contribution in [2.45, 2.75) is 20.4 Å². The monoisotopic (exact) mass is 367 g/mol. The predicted octanol–water partition coefficient (Wildman–Crippen LogP) is 5.70. The van der Waals surface area contributed by atoms with Crippen LogP contribution in [0.5, 0.6) is 0 Å². The summed E-state index contributed by atoms with van der Waals surface area (Å²) in [7, 11) is 0. The average Bonchev–Trinajstić information content (AvgIpc) is 3.19. The van der Waals surface area contributed by atoms with Crippen molar-refractivity contribution in [1.29, 1.82) is 0 Å². The average molecular weight is 367 g/mol. The fraction of sp³-hybridized carbons (Fsp3) is 0.125. The normalized spacial score (nSPS) is 11.5. The van der Waals surface area contributed by atoms with Gasteiger partial charge in [0.25, 0.3) is 0 Å². The third kappa shape index (κ3) is 2.57. The number of rotatable bonds is 3. The van der Waals surface area contributed by atoms with Crippen molar-refractivity contribution in [3.8, 4) is 11.1 Å². The maximum Gasteiger partial charge on any atom is 0.141 e. The summed E-state index contributed by atoms with van der Waals surface area (Å²) in [6, 6.07) is 23.2. The molecule has 0 unspecified atom stereocenters. The molecule has 0 amide bonds. The summed E-state index contributed by atoms with van der Waals surface area (Å²) in [5.74, 6) is 0.840. The Morgan fingerprint density at radius 1 is 0.893 bits per heavy atom. The lowest BCUT2D eigenvalue weighted by atomic mass is 10.0. The minimum atomic E-state index is 0.779. The van der Waals surface area contributed by atoms with Gasteiger partial charge in [-0.3, -0.25) is 0 Å². The quantitative estimate of drug-likeness (QED) is 0.416. The van der Waals surface area contributed by atoms with Gasteiger partial charge in [0.05, 0.1) is 11.2 Å². The Hall–Kier alpha value is -3.53. The molecule has 28 heavy (non-hydrogen) atoms. The molecule has 0 radical (unpaired) electrons. The number of benzene rings is 3. The Morgan fingerprint density at radius 3 is 2.46 bits per heavy atom. The molecule has 138 valence electrons. The zero-order valence-electron chi connectivity index (χ0n) is 15.9. The highest BCUT2D eigenvalue weighted by Gasteiger charge is 2.16. The molecule has 5 rings (SSSR count). The number of nitrogen functional groups attached to an aromatic ring is 1. The Morgan fingerprint density at radius 2 is 1.71 bits per heavy atom. The van der Waals surface area contributed by atoms with Gasteiger partial charge in [0, 0.05) is 34.1 Å². The second-order valence-corrected chi connectivity index (χ2v) is 7.28. The number of aromatic nitrogens is 2. The third-order valence-corrected chi connectivity index (χ3v) is 5.40. The Bertz CT molecular complexity index is 1290. The molecule has 0 bridgehead atoms. The van der Waals surface area contributed by atoms with Gasteiger partial charge in [0.15, 0.2) is 0 Å². The maximum atomic E-state index is 6.09. The number of nitrogens with zero attached hydrogens (tertiary/aromatic N) is 2.